The maximum atomic E-state index is 12.9. The first-order valence-corrected chi connectivity index (χ1v) is 8.31. The summed E-state index contributed by atoms with van der Waals surface area (Å²) in [5, 5.41) is 0. The molecule has 0 unspecified atom stereocenters. The molecule has 0 saturated carbocycles. The number of rotatable bonds is 2. The van der Waals surface area contributed by atoms with Crippen molar-refractivity contribution in [1.82, 2.24) is 19.4 Å². The third kappa shape index (κ3) is 2.38. The summed E-state index contributed by atoms with van der Waals surface area (Å²) in [6.45, 7) is 5.99. The van der Waals surface area contributed by atoms with Crippen LogP contribution >= 0.6 is 0 Å². The van der Waals surface area contributed by atoms with Crippen molar-refractivity contribution in [2.24, 2.45) is 11.3 Å². The Morgan fingerprint density at radius 2 is 2.12 bits per heavy atom. The molecule has 0 radical (unpaired) electrons. The van der Waals surface area contributed by atoms with Crippen LogP contribution in [0.15, 0.2) is 41.5 Å². The third-order valence-electron chi connectivity index (χ3n) is 5.45. The monoisotopic (exact) mass is 326 g/mol. The van der Waals surface area contributed by atoms with Crippen LogP contribution in [0.4, 0.5) is 0 Å². The fourth-order valence-corrected chi connectivity index (χ4v) is 4.28. The van der Waals surface area contributed by atoms with Gasteiger partial charge in [-0.2, -0.15) is 0 Å². The second-order valence-corrected chi connectivity index (χ2v) is 7.42. The van der Waals surface area contributed by atoms with Crippen molar-refractivity contribution in [3.63, 3.8) is 0 Å². The van der Waals surface area contributed by atoms with Crippen LogP contribution in [0.25, 0.3) is 5.69 Å². The van der Waals surface area contributed by atoms with Crippen molar-refractivity contribution in [3.8, 4) is 5.69 Å². The quantitative estimate of drug-likeness (QED) is 0.902. The number of carbonyl (C=O) groups is 1. The predicted octanol–water partition coefficient (Wildman–Crippen LogP) is 1.19. The van der Waals surface area contributed by atoms with E-state index in [0.717, 1.165) is 26.2 Å². The van der Waals surface area contributed by atoms with Gasteiger partial charge >= 0.3 is 5.69 Å². The van der Waals surface area contributed by atoms with Gasteiger partial charge in [-0.25, -0.2) is 4.79 Å². The van der Waals surface area contributed by atoms with Crippen molar-refractivity contribution in [2.75, 3.05) is 33.2 Å². The molecule has 4 rings (SSSR count). The van der Waals surface area contributed by atoms with Gasteiger partial charge in [-0.1, -0.05) is 13.0 Å². The van der Waals surface area contributed by atoms with E-state index in [1.165, 1.54) is 4.57 Å². The van der Waals surface area contributed by atoms with Crippen LogP contribution in [0, 0.1) is 11.3 Å². The molecule has 2 aliphatic rings. The number of carbonyl (C=O) groups excluding carboxylic acids is 1. The summed E-state index contributed by atoms with van der Waals surface area (Å²) in [7, 11) is 2.15. The number of imidazole rings is 1. The third-order valence-corrected chi connectivity index (χ3v) is 5.45. The van der Waals surface area contributed by atoms with Crippen LogP contribution in [0.3, 0.4) is 0 Å². The maximum Gasteiger partial charge on any atom is 0.330 e. The summed E-state index contributed by atoms with van der Waals surface area (Å²) in [5.41, 5.74) is 1.33. The number of aromatic amines is 1. The molecule has 0 bridgehead atoms. The molecule has 126 valence electrons. The number of nitrogens with zero attached hydrogens (tertiary/aromatic N) is 3. The summed E-state index contributed by atoms with van der Waals surface area (Å²) in [6, 6.07) is 7.28. The van der Waals surface area contributed by atoms with Gasteiger partial charge in [-0.3, -0.25) is 9.36 Å². The normalized spacial score (nSPS) is 26.8. The molecule has 0 spiro atoms. The van der Waals surface area contributed by atoms with Gasteiger partial charge in [0.25, 0.3) is 5.91 Å². The van der Waals surface area contributed by atoms with Crippen molar-refractivity contribution >= 4 is 5.91 Å². The minimum absolute atomic E-state index is 0.0544. The Kier molecular flexibility index (Phi) is 3.38. The van der Waals surface area contributed by atoms with Gasteiger partial charge in [0.1, 0.15) is 0 Å². The fourth-order valence-electron chi connectivity index (χ4n) is 4.28. The van der Waals surface area contributed by atoms with E-state index in [1.807, 2.05) is 23.1 Å². The topological polar surface area (TPSA) is 61.3 Å². The molecule has 1 aromatic carbocycles. The first-order chi connectivity index (χ1) is 11.5. The van der Waals surface area contributed by atoms with E-state index in [0.29, 0.717) is 17.2 Å². The summed E-state index contributed by atoms with van der Waals surface area (Å²) in [6.07, 6.45) is 3.26. The summed E-state index contributed by atoms with van der Waals surface area (Å²) < 4.78 is 1.51. The second kappa shape index (κ2) is 5.34. The Hall–Kier alpha value is -2.34. The van der Waals surface area contributed by atoms with Crippen LogP contribution in [-0.4, -0.2) is 58.5 Å². The van der Waals surface area contributed by atoms with Gasteiger partial charge < -0.3 is 14.8 Å². The lowest BCUT2D eigenvalue weighted by molar-refractivity contribution is 0.0765. The summed E-state index contributed by atoms with van der Waals surface area (Å²) in [5.74, 6) is 0.598. The zero-order chi connectivity index (χ0) is 16.9. The van der Waals surface area contributed by atoms with Crippen LogP contribution in [-0.2, 0) is 0 Å². The van der Waals surface area contributed by atoms with Gasteiger partial charge in [-0.15, -0.1) is 0 Å². The van der Waals surface area contributed by atoms with E-state index in [1.54, 1.807) is 18.5 Å². The number of benzene rings is 1. The number of hydrogen-bond acceptors (Lipinski definition) is 3. The molecule has 6 heteroatoms. The minimum Gasteiger partial charge on any atom is -0.338 e. The summed E-state index contributed by atoms with van der Waals surface area (Å²) >= 11 is 0. The molecule has 2 saturated heterocycles. The van der Waals surface area contributed by atoms with Crippen LogP contribution in [0.1, 0.15) is 17.3 Å². The van der Waals surface area contributed by atoms with Gasteiger partial charge in [-0.05, 0) is 31.2 Å². The molecule has 6 nitrogen and oxygen atoms in total. The van der Waals surface area contributed by atoms with Crippen LogP contribution < -0.4 is 5.69 Å². The largest absolute Gasteiger partial charge is 0.338 e. The SMILES string of the molecule is CN1C[C@@H]2CN(C(=O)c3cccc(-n4cc[nH]c4=O)c3)C[C@]2(C)C1. The van der Waals surface area contributed by atoms with Gasteiger partial charge in [0.15, 0.2) is 0 Å². The smallest absolute Gasteiger partial charge is 0.330 e. The first-order valence-electron chi connectivity index (χ1n) is 8.31. The Balaban J connectivity index is 1.58. The Labute approximate surface area is 140 Å². The highest BCUT2D eigenvalue weighted by molar-refractivity contribution is 5.95. The van der Waals surface area contributed by atoms with E-state index in [2.05, 4.69) is 23.9 Å². The zero-order valence-corrected chi connectivity index (χ0v) is 14.0. The van der Waals surface area contributed by atoms with Crippen molar-refractivity contribution in [3.05, 3.63) is 52.7 Å². The highest BCUT2D eigenvalue weighted by atomic mass is 16.2. The van der Waals surface area contributed by atoms with Gasteiger partial charge in [0.2, 0.25) is 0 Å². The average Bonchev–Trinajstić information content (AvgIpc) is 3.17. The van der Waals surface area contributed by atoms with Crippen LogP contribution in [0.5, 0.6) is 0 Å². The number of H-pyrrole nitrogens is 1. The molecule has 2 aliphatic heterocycles. The zero-order valence-electron chi connectivity index (χ0n) is 14.0. The average molecular weight is 326 g/mol. The molecule has 1 N–H and O–H groups in total. The number of fused-ring (bicyclic) bond motifs is 1. The second-order valence-electron chi connectivity index (χ2n) is 7.42. The number of hydrogen-bond donors (Lipinski definition) is 1. The fraction of sp³-hybridized carbons (Fsp3) is 0.444. The maximum absolute atomic E-state index is 12.9. The van der Waals surface area contributed by atoms with E-state index in [-0.39, 0.29) is 17.0 Å². The molecule has 1 amide bonds. The van der Waals surface area contributed by atoms with E-state index < -0.39 is 0 Å². The molecule has 2 aromatic rings. The van der Waals surface area contributed by atoms with Crippen molar-refractivity contribution in [1.29, 1.82) is 0 Å². The van der Waals surface area contributed by atoms with E-state index in [9.17, 15) is 9.59 Å². The highest BCUT2D eigenvalue weighted by Gasteiger charge is 2.49. The van der Waals surface area contributed by atoms with Gasteiger partial charge in [0.05, 0.1) is 5.69 Å². The number of likely N-dealkylation sites (tertiary alicyclic amines) is 2. The summed E-state index contributed by atoms with van der Waals surface area (Å²) in [4.78, 5) is 31.6. The minimum atomic E-state index is -0.203. The van der Waals surface area contributed by atoms with Crippen LogP contribution in [0.2, 0.25) is 0 Å². The molecule has 3 heterocycles. The Morgan fingerprint density at radius 1 is 1.29 bits per heavy atom. The van der Waals surface area contributed by atoms with E-state index in [4.69, 9.17) is 0 Å². The van der Waals surface area contributed by atoms with Crippen molar-refractivity contribution in [2.45, 2.75) is 6.92 Å². The molecule has 2 fully saturated rings. The van der Waals surface area contributed by atoms with E-state index >= 15 is 0 Å². The molecular formula is C18H22N4O2. The molecule has 0 aliphatic carbocycles. The molecular weight excluding hydrogens is 304 g/mol. The molecule has 2 atom stereocenters. The first kappa shape index (κ1) is 15.2. The number of nitrogens with one attached hydrogen (secondary N) is 1. The number of amides is 1. The predicted molar refractivity (Wildman–Crippen MR) is 91.4 cm³/mol. The lowest BCUT2D eigenvalue weighted by atomic mass is 9.83. The lowest BCUT2D eigenvalue weighted by Crippen LogP contribution is -2.34. The molecule has 24 heavy (non-hydrogen) atoms. The molecule has 1 aromatic heterocycles. The highest BCUT2D eigenvalue weighted by Crippen LogP contribution is 2.41. The standard InChI is InChI=1S/C18H22N4O2/c1-18-11-20(2)9-14(18)10-21(12-18)16(23)13-4-3-5-15(8-13)22-7-6-19-17(22)24/h3-8,14H,9-12H2,1-2H3,(H,19,24)/t14-,18+/m1/s1. The lowest BCUT2D eigenvalue weighted by Gasteiger charge is -2.24. The Morgan fingerprint density at radius 3 is 2.83 bits per heavy atom. The van der Waals surface area contributed by atoms with Crippen molar-refractivity contribution < 1.29 is 4.79 Å². The van der Waals surface area contributed by atoms with Gasteiger partial charge in [0, 0.05) is 49.6 Å². The number of aromatic nitrogens is 2. The Bertz CT molecular complexity index is 839.